The van der Waals surface area contributed by atoms with Crippen molar-refractivity contribution in [3.8, 4) is 0 Å². The Kier molecular flexibility index (Phi) is 8.70. The van der Waals surface area contributed by atoms with Gasteiger partial charge in [0.1, 0.15) is 0 Å². The number of thiazole rings is 1. The zero-order valence-electron chi connectivity index (χ0n) is 17.0. The Bertz CT molecular complexity index is 562. The highest BCUT2D eigenvalue weighted by atomic mass is 32.2. The number of likely N-dealkylation sites (tertiary alicyclic amines) is 1. The molecule has 5 nitrogen and oxygen atoms in total. The van der Waals surface area contributed by atoms with Gasteiger partial charge in [-0.25, -0.2) is 4.98 Å². The van der Waals surface area contributed by atoms with Gasteiger partial charge in [-0.1, -0.05) is 6.92 Å². The number of guanidine groups is 1. The Balaban J connectivity index is 1.67. The van der Waals surface area contributed by atoms with Crippen LogP contribution in [0.4, 0.5) is 0 Å². The summed E-state index contributed by atoms with van der Waals surface area (Å²) in [4.78, 5) is 11.6. The second-order valence-corrected chi connectivity index (χ2v) is 10.0. The Morgan fingerprint density at radius 3 is 2.69 bits per heavy atom. The molecule has 26 heavy (non-hydrogen) atoms. The standard InChI is InChI=1S/C19H35N5S2/c1-6-17-23-16(13-26-17)12-24-9-7-15(8-10-24)11-21-18(20-4)22-14-19(2,3)25-5/h13,15H,6-12,14H2,1-5H3,(H2,20,21,22). The minimum absolute atomic E-state index is 0.219. The third-order valence-electron chi connectivity index (χ3n) is 5.01. The second kappa shape index (κ2) is 10.5. The molecule has 0 unspecified atom stereocenters. The van der Waals surface area contributed by atoms with Gasteiger partial charge >= 0.3 is 0 Å². The minimum Gasteiger partial charge on any atom is -0.356 e. The molecule has 0 radical (unpaired) electrons. The lowest BCUT2D eigenvalue weighted by atomic mass is 9.97. The molecule has 2 rings (SSSR count). The Labute approximate surface area is 167 Å². The van der Waals surface area contributed by atoms with Crippen LogP contribution < -0.4 is 10.6 Å². The van der Waals surface area contributed by atoms with Gasteiger partial charge in [0.05, 0.1) is 10.7 Å². The molecule has 0 aliphatic carbocycles. The van der Waals surface area contributed by atoms with Crippen molar-refractivity contribution in [1.29, 1.82) is 0 Å². The van der Waals surface area contributed by atoms with E-state index in [9.17, 15) is 0 Å². The molecule has 0 amide bonds. The van der Waals surface area contributed by atoms with E-state index in [0.717, 1.165) is 51.0 Å². The van der Waals surface area contributed by atoms with Crippen LogP contribution in [0.5, 0.6) is 0 Å². The minimum atomic E-state index is 0.219. The summed E-state index contributed by atoms with van der Waals surface area (Å²) in [5.41, 5.74) is 1.24. The van der Waals surface area contributed by atoms with E-state index in [-0.39, 0.29) is 4.75 Å². The van der Waals surface area contributed by atoms with Gasteiger partial charge in [0.15, 0.2) is 5.96 Å². The Hall–Kier alpha value is -0.790. The smallest absolute Gasteiger partial charge is 0.191 e. The molecule has 1 saturated heterocycles. The van der Waals surface area contributed by atoms with Crippen molar-refractivity contribution in [3.63, 3.8) is 0 Å². The van der Waals surface area contributed by atoms with E-state index < -0.39 is 0 Å². The van der Waals surface area contributed by atoms with Crippen LogP contribution in [0.15, 0.2) is 10.4 Å². The average molecular weight is 398 g/mol. The van der Waals surface area contributed by atoms with Crippen molar-refractivity contribution in [3.05, 3.63) is 16.1 Å². The quantitative estimate of drug-likeness (QED) is 0.521. The predicted molar refractivity (Wildman–Crippen MR) is 116 cm³/mol. The van der Waals surface area contributed by atoms with Crippen LogP contribution in [-0.4, -0.2) is 60.1 Å². The van der Waals surface area contributed by atoms with Crippen LogP contribution in [-0.2, 0) is 13.0 Å². The van der Waals surface area contributed by atoms with Gasteiger partial charge < -0.3 is 10.6 Å². The Morgan fingerprint density at radius 2 is 2.12 bits per heavy atom. The molecule has 0 aromatic carbocycles. The number of hydrogen-bond donors (Lipinski definition) is 2. The zero-order chi connectivity index (χ0) is 19.0. The summed E-state index contributed by atoms with van der Waals surface area (Å²) in [5, 5.41) is 10.4. The molecular weight excluding hydrogens is 362 g/mol. The van der Waals surface area contributed by atoms with Crippen LogP contribution >= 0.6 is 23.1 Å². The molecule has 0 bridgehead atoms. The molecular formula is C19H35N5S2. The SMILES string of the molecule is CCc1nc(CN2CCC(CNC(=NC)NCC(C)(C)SC)CC2)cs1. The van der Waals surface area contributed by atoms with E-state index in [0.29, 0.717) is 0 Å². The van der Waals surface area contributed by atoms with Crippen molar-refractivity contribution < 1.29 is 0 Å². The summed E-state index contributed by atoms with van der Waals surface area (Å²) < 4.78 is 0.219. The average Bonchev–Trinajstić information content (AvgIpc) is 3.10. The monoisotopic (exact) mass is 397 g/mol. The van der Waals surface area contributed by atoms with E-state index in [1.165, 1.54) is 23.5 Å². The third-order valence-corrected chi connectivity index (χ3v) is 7.30. The molecule has 1 aliphatic rings. The second-order valence-electron chi connectivity index (χ2n) is 7.58. The molecule has 1 aliphatic heterocycles. The third kappa shape index (κ3) is 7.08. The number of nitrogens with zero attached hydrogens (tertiary/aromatic N) is 3. The maximum Gasteiger partial charge on any atom is 0.191 e. The first-order valence-corrected chi connectivity index (χ1v) is 11.7. The summed E-state index contributed by atoms with van der Waals surface area (Å²) in [6.45, 7) is 11.9. The van der Waals surface area contributed by atoms with Gasteiger partial charge in [0.25, 0.3) is 0 Å². The highest BCUT2D eigenvalue weighted by Crippen LogP contribution is 2.20. The molecule has 2 N–H and O–H groups in total. The fraction of sp³-hybridized carbons (Fsp3) is 0.789. The van der Waals surface area contributed by atoms with Gasteiger partial charge in [-0.05, 0) is 58.4 Å². The van der Waals surface area contributed by atoms with Crippen LogP contribution in [0.1, 0.15) is 44.3 Å². The summed E-state index contributed by atoms with van der Waals surface area (Å²) in [6.07, 6.45) is 5.68. The predicted octanol–water partition coefficient (Wildman–Crippen LogP) is 3.22. The van der Waals surface area contributed by atoms with Crippen molar-refractivity contribution in [2.45, 2.75) is 51.3 Å². The number of aromatic nitrogens is 1. The van der Waals surface area contributed by atoms with Crippen LogP contribution in [0.3, 0.4) is 0 Å². The van der Waals surface area contributed by atoms with Crippen molar-refractivity contribution in [1.82, 2.24) is 20.5 Å². The summed E-state index contributed by atoms with van der Waals surface area (Å²) in [6, 6.07) is 0. The van der Waals surface area contributed by atoms with Crippen molar-refractivity contribution in [2.24, 2.45) is 10.9 Å². The largest absolute Gasteiger partial charge is 0.356 e. The highest BCUT2D eigenvalue weighted by molar-refractivity contribution is 7.99. The summed E-state index contributed by atoms with van der Waals surface area (Å²) in [5.74, 6) is 1.64. The van der Waals surface area contributed by atoms with Gasteiger partial charge in [0, 0.05) is 36.8 Å². The maximum atomic E-state index is 4.70. The first-order valence-electron chi connectivity index (χ1n) is 9.61. The van der Waals surface area contributed by atoms with Crippen molar-refractivity contribution >= 4 is 29.1 Å². The zero-order valence-corrected chi connectivity index (χ0v) is 18.6. The number of nitrogens with one attached hydrogen (secondary N) is 2. The lowest BCUT2D eigenvalue weighted by Crippen LogP contribution is -2.46. The number of aliphatic imine (C=N–C) groups is 1. The van der Waals surface area contributed by atoms with E-state index in [1.807, 2.05) is 18.8 Å². The van der Waals surface area contributed by atoms with Gasteiger partial charge in [-0.15, -0.1) is 11.3 Å². The van der Waals surface area contributed by atoms with Crippen molar-refractivity contribution in [2.75, 3.05) is 39.5 Å². The molecule has 148 valence electrons. The van der Waals surface area contributed by atoms with E-state index in [4.69, 9.17) is 4.98 Å². The molecule has 2 heterocycles. The molecule has 7 heteroatoms. The van der Waals surface area contributed by atoms with Crippen LogP contribution in [0, 0.1) is 5.92 Å². The topological polar surface area (TPSA) is 52.6 Å². The van der Waals surface area contributed by atoms with E-state index in [1.54, 1.807) is 11.3 Å². The molecule has 0 spiro atoms. The fourth-order valence-corrected chi connectivity index (χ4v) is 3.94. The number of piperidine rings is 1. The summed E-state index contributed by atoms with van der Waals surface area (Å²) >= 11 is 3.67. The molecule has 0 saturated carbocycles. The van der Waals surface area contributed by atoms with Crippen LogP contribution in [0.2, 0.25) is 0 Å². The van der Waals surface area contributed by atoms with E-state index >= 15 is 0 Å². The molecule has 1 aromatic rings. The van der Waals surface area contributed by atoms with Gasteiger partial charge in [-0.2, -0.15) is 11.8 Å². The van der Waals surface area contributed by atoms with Gasteiger partial charge in [0.2, 0.25) is 0 Å². The highest BCUT2D eigenvalue weighted by Gasteiger charge is 2.21. The fourth-order valence-electron chi connectivity index (χ4n) is 2.99. The first-order chi connectivity index (χ1) is 12.5. The molecule has 1 aromatic heterocycles. The number of aryl methyl sites for hydroxylation is 1. The lowest BCUT2D eigenvalue weighted by Gasteiger charge is -2.32. The number of hydrogen-bond acceptors (Lipinski definition) is 5. The van der Waals surface area contributed by atoms with Crippen LogP contribution in [0.25, 0.3) is 0 Å². The lowest BCUT2D eigenvalue weighted by molar-refractivity contribution is 0.176. The maximum absolute atomic E-state index is 4.70. The van der Waals surface area contributed by atoms with E-state index in [2.05, 4.69) is 52.9 Å². The number of rotatable bonds is 8. The normalized spacial score (nSPS) is 17.5. The first kappa shape index (κ1) is 21.5. The van der Waals surface area contributed by atoms with Gasteiger partial charge in [-0.3, -0.25) is 9.89 Å². The molecule has 1 fully saturated rings. The molecule has 0 atom stereocenters. The summed E-state index contributed by atoms with van der Waals surface area (Å²) in [7, 11) is 1.85. The number of thioether (sulfide) groups is 1. The Morgan fingerprint density at radius 1 is 1.38 bits per heavy atom.